The summed E-state index contributed by atoms with van der Waals surface area (Å²) >= 11 is 0. The number of likely N-dealkylation sites (N-methyl/N-ethyl adjacent to an activating group) is 1. The Balaban J connectivity index is 1.83. The van der Waals surface area contributed by atoms with Crippen molar-refractivity contribution in [2.75, 3.05) is 33.8 Å². The van der Waals surface area contributed by atoms with Crippen LogP contribution in [0.15, 0.2) is 24.3 Å². The number of hydrogen-bond donors (Lipinski definition) is 0. The molecule has 1 aliphatic rings. The van der Waals surface area contributed by atoms with Gasteiger partial charge >= 0.3 is 0 Å². The van der Waals surface area contributed by atoms with Crippen LogP contribution < -0.4 is 4.74 Å². The fourth-order valence-corrected chi connectivity index (χ4v) is 2.69. The number of likely N-dealkylation sites (tertiary alicyclic amines) is 1. The van der Waals surface area contributed by atoms with Gasteiger partial charge in [0.25, 0.3) is 5.91 Å². The quantitative estimate of drug-likeness (QED) is 0.833. The van der Waals surface area contributed by atoms with E-state index in [0.717, 1.165) is 38.1 Å². The minimum absolute atomic E-state index is 0.0615. The van der Waals surface area contributed by atoms with E-state index in [9.17, 15) is 4.79 Å². The number of nitrogens with zero attached hydrogens (tertiary/aromatic N) is 2. The summed E-state index contributed by atoms with van der Waals surface area (Å²) in [5.74, 6) is 0.839. The molecular weight excluding hydrogens is 264 g/mol. The van der Waals surface area contributed by atoms with E-state index in [4.69, 9.17) is 4.74 Å². The smallest absolute Gasteiger partial charge is 0.260 e. The van der Waals surface area contributed by atoms with Crippen molar-refractivity contribution in [1.82, 2.24) is 9.80 Å². The molecule has 1 aliphatic heterocycles. The maximum Gasteiger partial charge on any atom is 0.260 e. The second-order valence-corrected chi connectivity index (χ2v) is 5.83. The first-order valence-electron chi connectivity index (χ1n) is 7.76. The number of benzene rings is 1. The lowest BCUT2D eigenvalue weighted by Crippen LogP contribution is -2.45. The Labute approximate surface area is 127 Å². The molecule has 1 heterocycles. The molecule has 21 heavy (non-hydrogen) atoms. The normalized spacial score (nSPS) is 16.7. The van der Waals surface area contributed by atoms with Crippen molar-refractivity contribution in [3.63, 3.8) is 0 Å². The molecule has 0 unspecified atom stereocenters. The van der Waals surface area contributed by atoms with E-state index in [-0.39, 0.29) is 12.5 Å². The van der Waals surface area contributed by atoms with Gasteiger partial charge in [-0.1, -0.05) is 19.1 Å². The summed E-state index contributed by atoms with van der Waals surface area (Å²) in [6.07, 6.45) is 3.06. The molecule has 4 heteroatoms. The molecule has 1 aromatic carbocycles. The molecule has 2 rings (SSSR count). The molecule has 0 aliphatic carbocycles. The number of carbonyl (C=O) groups is 1. The lowest BCUT2D eigenvalue weighted by atomic mass is 10.0. The second-order valence-electron chi connectivity index (χ2n) is 5.83. The first-order chi connectivity index (χ1) is 10.1. The van der Waals surface area contributed by atoms with Crippen LogP contribution in [0.25, 0.3) is 0 Å². The van der Waals surface area contributed by atoms with Gasteiger partial charge in [0, 0.05) is 13.1 Å². The molecule has 0 atom stereocenters. The molecule has 0 spiro atoms. The Kier molecular flexibility index (Phi) is 5.62. The zero-order chi connectivity index (χ0) is 15.2. The molecule has 1 fully saturated rings. The van der Waals surface area contributed by atoms with Crippen molar-refractivity contribution in [1.29, 1.82) is 0 Å². The van der Waals surface area contributed by atoms with Crippen LogP contribution in [0.4, 0.5) is 0 Å². The first kappa shape index (κ1) is 15.8. The third kappa shape index (κ3) is 4.46. The van der Waals surface area contributed by atoms with Crippen molar-refractivity contribution >= 4 is 5.91 Å². The number of ether oxygens (including phenoxy) is 1. The van der Waals surface area contributed by atoms with E-state index in [1.54, 1.807) is 0 Å². The highest BCUT2D eigenvalue weighted by molar-refractivity contribution is 5.77. The minimum Gasteiger partial charge on any atom is -0.484 e. The van der Waals surface area contributed by atoms with Gasteiger partial charge in [-0.25, -0.2) is 0 Å². The number of carbonyl (C=O) groups excluding carboxylic acids is 1. The van der Waals surface area contributed by atoms with E-state index >= 15 is 0 Å². The predicted molar refractivity (Wildman–Crippen MR) is 84.6 cm³/mol. The summed E-state index contributed by atoms with van der Waals surface area (Å²) in [6.45, 7) is 4.34. The van der Waals surface area contributed by atoms with Crippen molar-refractivity contribution in [3.05, 3.63) is 29.8 Å². The van der Waals surface area contributed by atoms with Gasteiger partial charge in [0.05, 0.1) is 0 Å². The van der Waals surface area contributed by atoms with E-state index in [2.05, 4.69) is 24.9 Å². The maximum absolute atomic E-state index is 12.2. The average molecular weight is 290 g/mol. The molecule has 0 bridgehead atoms. The molecule has 0 radical (unpaired) electrons. The van der Waals surface area contributed by atoms with Crippen LogP contribution in [0, 0.1) is 0 Å². The Bertz CT molecular complexity index is 468. The van der Waals surface area contributed by atoms with Crippen molar-refractivity contribution < 1.29 is 9.53 Å². The topological polar surface area (TPSA) is 32.8 Å². The first-order valence-corrected chi connectivity index (χ1v) is 7.76. The van der Waals surface area contributed by atoms with E-state index in [0.29, 0.717) is 6.04 Å². The molecule has 116 valence electrons. The van der Waals surface area contributed by atoms with Gasteiger partial charge in [0.15, 0.2) is 6.61 Å². The summed E-state index contributed by atoms with van der Waals surface area (Å²) in [5.41, 5.74) is 1.23. The second kappa shape index (κ2) is 7.46. The summed E-state index contributed by atoms with van der Waals surface area (Å²) in [6, 6.07) is 8.29. The number of rotatable bonds is 5. The summed E-state index contributed by atoms with van der Waals surface area (Å²) in [5, 5.41) is 0. The predicted octanol–water partition coefficient (Wildman–Crippen LogP) is 2.18. The van der Waals surface area contributed by atoms with E-state index < -0.39 is 0 Å². The largest absolute Gasteiger partial charge is 0.484 e. The molecule has 0 saturated carbocycles. The number of piperidine rings is 1. The van der Waals surface area contributed by atoms with E-state index in [1.807, 2.05) is 30.1 Å². The van der Waals surface area contributed by atoms with Crippen LogP contribution in [-0.4, -0.2) is 55.5 Å². The maximum atomic E-state index is 12.2. The van der Waals surface area contributed by atoms with Crippen LogP contribution in [0.5, 0.6) is 5.75 Å². The fourth-order valence-electron chi connectivity index (χ4n) is 2.69. The highest BCUT2D eigenvalue weighted by atomic mass is 16.5. The zero-order valence-electron chi connectivity index (χ0n) is 13.3. The molecular formula is C17H26N2O2. The van der Waals surface area contributed by atoms with Crippen LogP contribution >= 0.6 is 0 Å². The minimum atomic E-state index is 0.0615. The fraction of sp³-hybridized carbons (Fsp3) is 0.588. The molecule has 4 nitrogen and oxygen atoms in total. The van der Waals surface area contributed by atoms with Gasteiger partial charge in [-0.05, 0) is 57.1 Å². The van der Waals surface area contributed by atoms with Crippen LogP contribution in [-0.2, 0) is 11.2 Å². The highest BCUT2D eigenvalue weighted by Crippen LogP contribution is 2.16. The highest BCUT2D eigenvalue weighted by Gasteiger charge is 2.24. The number of amides is 1. The average Bonchev–Trinajstić information content (AvgIpc) is 2.53. The van der Waals surface area contributed by atoms with Crippen LogP contribution in [0.2, 0.25) is 0 Å². The Hall–Kier alpha value is -1.55. The molecule has 0 aromatic heterocycles. The van der Waals surface area contributed by atoms with Gasteiger partial charge < -0.3 is 14.5 Å². The SMILES string of the molecule is CCc1cccc(OCC(=O)N(C)C2CCN(C)CC2)c1. The lowest BCUT2D eigenvalue weighted by molar-refractivity contribution is -0.134. The van der Waals surface area contributed by atoms with Gasteiger partial charge in [0.1, 0.15) is 5.75 Å². The zero-order valence-corrected chi connectivity index (χ0v) is 13.3. The van der Waals surface area contributed by atoms with Crippen molar-refractivity contribution in [2.24, 2.45) is 0 Å². The van der Waals surface area contributed by atoms with E-state index in [1.165, 1.54) is 5.56 Å². The summed E-state index contributed by atoms with van der Waals surface area (Å²) in [4.78, 5) is 16.4. The van der Waals surface area contributed by atoms with Gasteiger partial charge in [0.2, 0.25) is 0 Å². The van der Waals surface area contributed by atoms with Crippen molar-refractivity contribution in [3.8, 4) is 5.75 Å². The van der Waals surface area contributed by atoms with Gasteiger partial charge in [-0.15, -0.1) is 0 Å². The Morgan fingerprint density at radius 3 is 2.76 bits per heavy atom. The lowest BCUT2D eigenvalue weighted by Gasteiger charge is -2.35. The molecule has 1 saturated heterocycles. The number of aryl methyl sites for hydroxylation is 1. The van der Waals surface area contributed by atoms with Gasteiger partial charge in [-0.3, -0.25) is 4.79 Å². The third-order valence-electron chi connectivity index (χ3n) is 4.30. The van der Waals surface area contributed by atoms with Crippen LogP contribution in [0.1, 0.15) is 25.3 Å². The Morgan fingerprint density at radius 2 is 2.10 bits per heavy atom. The number of hydrogen-bond acceptors (Lipinski definition) is 3. The summed E-state index contributed by atoms with van der Waals surface area (Å²) < 4.78 is 5.64. The molecule has 0 N–H and O–H groups in total. The third-order valence-corrected chi connectivity index (χ3v) is 4.30. The Morgan fingerprint density at radius 1 is 1.38 bits per heavy atom. The monoisotopic (exact) mass is 290 g/mol. The standard InChI is InChI=1S/C17H26N2O2/c1-4-14-6-5-7-16(12-14)21-13-17(20)19(3)15-8-10-18(2)11-9-15/h5-7,12,15H,4,8-11,13H2,1-3H3. The summed E-state index contributed by atoms with van der Waals surface area (Å²) in [7, 11) is 4.02. The van der Waals surface area contributed by atoms with Gasteiger partial charge in [-0.2, -0.15) is 0 Å². The van der Waals surface area contributed by atoms with Crippen LogP contribution in [0.3, 0.4) is 0 Å². The molecule has 1 aromatic rings. The molecule has 1 amide bonds. The van der Waals surface area contributed by atoms with Crippen molar-refractivity contribution in [2.45, 2.75) is 32.2 Å².